The number of halogens is 6. The highest BCUT2D eigenvalue weighted by molar-refractivity contribution is 5.39. The van der Waals surface area contributed by atoms with Crippen LogP contribution in [-0.4, -0.2) is 56.2 Å². The lowest BCUT2D eigenvalue weighted by molar-refractivity contribution is -0.343. The molecule has 0 aromatic heterocycles. The number of aliphatic hydroxyl groups excluding tert-OH is 2. The summed E-state index contributed by atoms with van der Waals surface area (Å²) >= 11 is 0. The summed E-state index contributed by atoms with van der Waals surface area (Å²) in [5.41, 5.74) is -7.89. The fraction of sp³-hybridized carbons (Fsp3) is 0.758. The van der Waals surface area contributed by atoms with Crippen LogP contribution >= 0.6 is 0 Å². The van der Waals surface area contributed by atoms with Crippen molar-refractivity contribution in [3.05, 3.63) is 35.5 Å². The molecular weight excluding hydrogens is 574 g/mol. The maximum Gasteiger partial charge on any atom is 0.438 e. The Bertz CT molecular complexity index is 1330. The van der Waals surface area contributed by atoms with Crippen LogP contribution in [0, 0.1) is 34.5 Å². The number of aliphatic hydroxyl groups is 4. The molecule has 10 heteroatoms. The number of allylic oxidation sites excluding steroid dienone is 3. The lowest BCUT2D eigenvalue weighted by Crippen LogP contribution is -2.55. The highest BCUT2D eigenvalue weighted by atomic mass is 19.4. The van der Waals surface area contributed by atoms with Gasteiger partial charge in [-0.15, -0.1) is 0 Å². The average molecular weight is 627 g/mol. The topological polar surface area (TPSA) is 80.9 Å². The molecule has 0 aromatic rings. The second kappa shape index (κ2) is 12.5. The summed E-state index contributed by atoms with van der Waals surface area (Å²) in [5.74, 6) is 2.54. The summed E-state index contributed by atoms with van der Waals surface area (Å²) in [6, 6.07) is 0. The minimum atomic E-state index is -6.15. The van der Waals surface area contributed by atoms with Gasteiger partial charge in [0.05, 0.1) is 17.8 Å². The Morgan fingerprint density at radius 2 is 1.70 bits per heavy atom. The quantitative estimate of drug-likeness (QED) is 0.176. The van der Waals surface area contributed by atoms with Crippen molar-refractivity contribution in [2.75, 3.05) is 0 Å². The maximum absolute atomic E-state index is 13.4. The van der Waals surface area contributed by atoms with Crippen molar-refractivity contribution in [1.82, 2.24) is 0 Å². The van der Waals surface area contributed by atoms with E-state index in [4.69, 9.17) is 8.22 Å². The third kappa shape index (κ3) is 7.71. The van der Waals surface area contributed by atoms with Crippen LogP contribution in [0.25, 0.3) is 0 Å². The predicted molar refractivity (Wildman–Crippen MR) is 152 cm³/mol. The van der Waals surface area contributed by atoms with Crippen LogP contribution in [-0.2, 0) is 0 Å². The molecule has 0 saturated heterocycles. The first-order chi connectivity index (χ1) is 22.0. The van der Waals surface area contributed by atoms with E-state index in [9.17, 15) is 46.8 Å². The summed E-state index contributed by atoms with van der Waals surface area (Å²) in [4.78, 5) is 0. The highest BCUT2D eigenvalue weighted by Crippen LogP contribution is 2.63. The van der Waals surface area contributed by atoms with E-state index in [-0.39, 0.29) is 31.1 Å². The lowest BCUT2D eigenvalue weighted by atomic mass is 9.55. The maximum atomic E-state index is 13.4. The molecule has 244 valence electrons. The van der Waals surface area contributed by atoms with Crippen LogP contribution < -0.4 is 0 Å². The van der Waals surface area contributed by atoms with Crippen LogP contribution in [0.2, 0.25) is 0 Å². The van der Waals surface area contributed by atoms with E-state index < -0.39 is 73.1 Å². The molecular formula is C33H46F6O4. The van der Waals surface area contributed by atoms with Crippen molar-refractivity contribution in [2.24, 2.45) is 22.7 Å². The molecule has 0 unspecified atom stereocenters. The second-order valence-electron chi connectivity index (χ2n) is 13.2. The summed E-state index contributed by atoms with van der Waals surface area (Å²) < 4.78 is 127. The van der Waals surface area contributed by atoms with Gasteiger partial charge in [-0.1, -0.05) is 50.5 Å². The molecule has 43 heavy (non-hydrogen) atoms. The van der Waals surface area contributed by atoms with E-state index in [0.29, 0.717) is 49.7 Å². The van der Waals surface area contributed by atoms with Crippen LogP contribution in [0.15, 0.2) is 35.5 Å². The van der Waals surface area contributed by atoms with Crippen molar-refractivity contribution in [2.45, 2.75) is 134 Å². The van der Waals surface area contributed by atoms with E-state index in [1.165, 1.54) is 0 Å². The average Bonchev–Trinajstić information content (AvgIpc) is 3.29. The van der Waals surface area contributed by atoms with Gasteiger partial charge in [0.2, 0.25) is 0 Å². The minimum absolute atomic E-state index is 0.0638. The monoisotopic (exact) mass is 626 g/mol. The largest absolute Gasteiger partial charge is 0.438 e. The Morgan fingerprint density at radius 1 is 1.05 bits per heavy atom. The van der Waals surface area contributed by atoms with Crippen molar-refractivity contribution in [3.63, 3.8) is 0 Å². The molecule has 0 amide bonds. The zero-order valence-corrected chi connectivity index (χ0v) is 24.5. The third-order valence-electron chi connectivity index (χ3n) is 9.94. The van der Waals surface area contributed by atoms with Gasteiger partial charge in [0.15, 0.2) is 0 Å². The van der Waals surface area contributed by atoms with Gasteiger partial charge in [0.1, 0.15) is 0 Å². The second-order valence-corrected chi connectivity index (χ2v) is 13.2. The fourth-order valence-electron chi connectivity index (χ4n) is 7.66. The smallest absolute Gasteiger partial charge is 0.393 e. The highest BCUT2D eigenvalue weighted by Gasteiger charge is 2.70. The van der Waals surface area contributed by atoms with E-state index in [2.05, 4.69) is 6.58 Å². The first-order valence-electron chi connectivity index (χ1n) is 17.6. The van der Waals surface area contributed by atoms with Crippen molar-refractivity contribution in [1.29, 1.82) is 0 Å². The van der Waals surface area contributed by atoms with Gasteiger partial charge in [-0.2, -0.15) is 26.3 Å². The number of alkyl halides is 6. The molecule has 3 fully saturated rings. The van der Waals surface area contributed by atoms with Crippen molar-refractivity contribution in [3.8, 4) is 11.8 Å². The molecule has 0 aliphatic heterocycles. The number of rotatable bonds is 7. The number of hydrogen-bond acceptors (Lipinski definition) is 4. The van der Waals surface area contributed by atoms with Gasteiger partial charge in [-0.05, 0) is 105 Å². The van der Waals surface area contributed by atoms with E-state index in [1.54, 1.807) is 6.92 Å². The molecule has 4 N–H and O–H groups in total. The zero-order valence-electron chi connectivity index (χ0n) is 30.5. The Kier molecular flexibility index (Phi) is 8.02. The summed E-state index contributed by atoms with van der Waals surface area (Å²) in [7, 11) is 0. The van der Waals surface area contributed by atoms with Crippen LogP contribution in [0.3, 0.4) is 0 Å². The van der Waals surface area contributed by atoms with Gasteiger partial charge >= 0.3 is 18.0 Å². The molecule has 0 heterocycles. The Hall–Kier alpha value is -1.80. The Morgan fingerprint density at radius 3 is 2.30 bits per heavy atom. The molecule has 4 nitrogen and oxygen atoms in total. The summed E-state index contributed by atoms with van der Waals surface area (Å²) in [6.07, 6.45) is -8.20. The normalized spacial score (nSPS) is 35.0. The fourth-order valence-corrected chi connectivity index (χ4v) is 7.66. The van der Waals surface area contributed by atoms with Gasteiger partial charge in [0, 0.05) is 21.1 Å². The molecule has 0 spiro atoms. The lowest BCUT2D eigenvalue weighted by Gasteiger charge is -2.49. The molecule has 0 aromatic carbocycles. The van der Waals surface area contributed by atoms with Gasteiger partial charge < -0.3 is 20.4 Å². The standard InChI is InChI=1S/C33H46F6O4/c1-21-23(19-24(40)20-26(21)41)11-10-22-9-6-17-30(5)25(22)12-13-27(30)29(4,15-7-14-28(2,3)42)16-8-18-31(43,32(34,35)36)33(37,38)39/h10-11,24-27,40-43H,1,6-7,9,12-17,19-20H2,2-5H3/b22-10+,23-11-/t24-,25+,26+,27-,29+,30+/m1/s1/i2D3,3D3. The third-order valence-corrected chi connectivity index (χ3v) is 9.94. The first-order valence-corrected chi connectivity index (χ1v) is 14.6. The Balaban J connectivity index is 2.03. The molecule has 3 rings (SSSR count). The Labute approximate surface area is 259 Å². The summed E-state index contributed by atoms with van der Waals surface area (Å²) in [6.45, 7) is 0.891. The van der Waals surface area contributed by atoms with Gasteiger partial charge in [-0.3, -0.25) is 0 Å². The molecule has 3 aliphatic carbocycles. The van der Waals surface area contributed by atoms with Crippen LogP contribution in [0.1, 0.15) is 106 Å². The predicted octanol–water partition coefficient (Wildman–Crippen LogP) is 7.32. The van der Waals surface area contributed by atoms with Crippen molar-refractivity contribution >= 4 is 0 Å². The van der Waals surface area contributed by atoms with E-state index in [0.717, 1.165) is 11.5 Å². The minimum Gasteiger partial charge on any atom is -0.393 e. The molecule has 0 radical (unpaired) electrons. The molecule has 3 aliphatic rings. The van der Waals surface area contributed by atoms with E-state index in [1.807, 2.05) is 25.0 Å². The number of hydrogen-bond donors (Lipinski definition) is 4. The van der Waals surface area contributed by atoms with E-state index >= 15 is 0 Å². The van der Waals surface area contributed by atoms with Crippen LogP contribution in [0.5, 0.6) is 0 Å². The summed E-state index contributed by atoms with van der Waals surface area (Å²) in [5, 5.41) is 40.9. The zero-order chi connectivity index (χ0) is 37.6. The number of fused-ring (bicyclic) bond motifs is 1. The SMILES string of the molecule is [2H]C([2H])([2H])C(O)(CCC[C@@](C)(CC#CC(O)(C(F)(F)F)C(F)(F)F)[C@H]1CC[C@H]2/C(=C/C=C3/C[C@@H](O)C[C@H](O)C3=C)CCC[C@]12C)C([2H])([2H])[2H]. The molecule has 6 atom stereocenters. The van der Waals surface area contributed by atoms with Crippen LogP contribution in [0.4, 0.5) is 26.3 Å². The van der Waals surface area contributed by atoms with Gasteiger partial charge in [-0.25, -0.2) is 0 Å². The van der Waals surface area contributed by atoms with Crippen molar-refractivity contribution < 1.29 is 55.0 Å². The first kappa shape index (κ1) is 27.5. The van der Waals surface area contributed by atoms with Gasteiger partial charge in [0.25, 0.3) is 0 Å². The molecule has 0 bridgehead atoms. The molecule has 3 saturated carbocycles.